The number of nitrogens with one attached hydrogen (secondary N) is 1. The molecule has 0 bridgehead atoms. The van der Waals surface area contributed by atoms with E-state index in [1.165, 1.54) is 12.1 Å². The van der Waals surface area contributed by atoms with Crippen LogP contribution in [0, 0.1) is 5.82 Å². The standard InChI is InChI=1S/C23H27FN2O3/c1-16(26(12-14-28-2)13-15-29-3)22-21(17-8-10-18(24)11-9-17)23(27)19-6-4-5-7-20(19)25-22/h4-11,16H,12-15H2,1-3H3,(H,25,27). The van der Waals surface area contributed by atoms with Gasteiger partial charge in [-0.1, -0.05) is 24.3 Å². The van der Waals surface area contributed by atoms with Gasteiger partial charge in [-0.3, -0.25) is 9.69 Å². The van der Waals surface area contributed by atoms with E-state index in [2.05, 4.69) is 16.8 Å². The van der Waals surface area contributed by atoms with Gasteiger partial charge in [0.15, 0.2) is 5.43 Å². The van der Waals surface area contributed by atoms with Crippen molar-refractivity contribution in [3.05, 3.63) is 70.3 Å². The van der Waals surface area contributed by atoms with Crippen molar-refractivity contribution >= 4 is 10.9 Å². The summed E-state index contributed by atoms with van der Waals surface area (Å²) in [6, 6.07) is 13.4. The summed E-state index contributed by atoms with van der Waals surface area (Å²) >= 11 is 0. The van der Waals surface area contributed by atoms with E-state index in [-0.39, 0.29) is 17.3 Å². The second-order valence-corrected chi connectivity index (χ2v) is 6.99. The van der Waals surface area contributed by atoms with Crippen LogP contribution in [-0.2, 0) is 9.47 Å². The molecule has 0 saturated heterocycles. The van der Waals surface area contributed by atoms with Gasteiger partial charge in [-0.15, -0.1) is 0 Å². The first-order valence-corrected chi connectivity index (χ1v) is 9.69. The van der Waals surface area contributed by atoms with E-state index in [4.69, 9.17) is 9.47 Å². The number of para-hydroxylation sites is 1. The summed E-state index contributed by atoms with van der Waals surface area (Å²) in [6.45, 7) is 4.57. The average Bonchev–Trinajstić information content (AvgIpc) is 2.74. The highest BCUT2D eigenvalue weighted by Gasteiger charge is 2.23. The quantitative estimate of drug-likeness (QED) is 0.592. The van der Waals surface area contributed by atoms with Gasteiger partial charge in [0.05, 0.1) is 18.8 Å². The molecular formula is C23H27FN2O3. The minimum Gasteiger partial charge on any atom is -0.383 e. The van der Waals surface area contributed by atoms with Gasteiger partial charge in [-0.05, 0) is 36.8 Å². The van der Waals surface area contributed by atoms with Crippen molar-refractivity contribution < 1.29 is 13.9 Å². The van der Waals surface area contributed by atoms with Gasteiger partial charge < -0.3 is 14.5 Å². The summed E-state index contributed by atoms with van der Waals surface area (Å²) in [5.41, 5.74) is 2.78. The van der Waals surface area contributed by atoms with Crippen LogP contribution in [0.5, 0.6) is 0 Å². The van der Waals surface area contributed by atoms with E-state index in [0.29, 0.717) is 42.8 Å². The zero-order chi connectivity index (χ0) is 20.8. The first-order valence-electron chi connectivity index (χ1n) is 9.69. The van der Waals surface area contributed by atoms with Crippen LogP contribution < -0.4 is 5.43 Å². The predicted molar refractivity (Wildman–Crippen MR) is 114 cm³/mol. The van der Waals surface area contributed by atoms with E-state index in [1.54, 1.807) is 26.4 Å². The molecule has 0 spiro atoms. The molecule has 2 aromatic carbocycles. The van der Waals surface area contributed by atoms with Crippen LogP contribution in [0.1, 0.15) is 18.7 Å². The third-order valence-corrected chi connectivity index (χ3v) is 5.20. The third-order valence-electron chi connectivity index (χ3n) is 5.20. The van der Waals surface area contributed by atoms with Crippen molar-refractivity contribution in [3.63, 3.8) is 0 Å². The zero-order valence-electron chi connectivity index (χ0n) is 17.1. The number of pyridine rings is 1. The smallest absolute Gasteiger partial charge is 0.197 e. The summed E-state index contributed by atoms with van der Waals surface area (Å²) in [4.78, 5) is 19.1. The Morgan fingerprint density at radius 3 is 2.24 bits per heavy atom. The molecule has 0 fully saturated rings. The molecule has 6 heteroatoms. The Labute approximate surface area is 170 Å². The second kappa shape index (κ2) is 9.78. The van der Waals surface area contributed by atoms with Gasteiger partial charge >= 0.3 is 0 Å². The first-order chi connectivity index (χ1) is 14.1. The number of fused-ring (bicyclic) bond motifs is 1. The number of halogens is 1. The fourth-order valence-electron chi connectivity index (χ4n) is 3.57. The molecule has 0 aliphatic rings. The number of benzene rings is 2. The van der Waals surface area contributed by atoms with E-state index in [0.717, 1.165) is 11.2 Å². The molecule has 1 aromatic heterocycles. The summed E-state index contributed by atoms with van der Waals surface area (Å²) < 4.78 is 24.0. The average molecular weight is 398 g/mol. The largest absolute Gasteiger partial charge is 0.383 e. The Bertz CT molecular complexity index is 993. The van der Waals surface area contributed by atoms with Crippen LogP contribution in [0.25, 0.3) is 22.0 Å². The number of hydrogen-bond acceptors (Lipinski definition) is 4. The van der Waals surface area contributed by atoms with E-state index in [1.807, 2.05) is 24.3 Å². The van der Waals surface area contributed by atoms with Gasteiger partial charge in [0, 0.05) is 49.9 Å². The van der Waals surface area contributed by atoms with E-state index >= 15 is 0 Å². The van der Waals surface area contributed by atoms with E-state index in [9.17, 15) is 9.18 Å². The van der Waals surface area contributed by atoms with Crippen LogP contribution in [0.4, 0.5) is 4.39 Å². The topological polar surface area (TPSA) is 54.6 Å². The number of nitrogens with zero attached hydrogens (tertiary/aromatic N) is 1. The van der Waals surface area contributed by atoms with Gasteiger partial charge in [0.1, 0.15) is 5.82 Å². The number of hydrogen-bond donors (Lipinski definition) is 1. The highest BCUT2D eigenvalue weighted by Crippen LogP contribution is 2.29. The highest BCUT2D eigenvalue weighted by molar-refractivity contribution is 5.85. The van der Waals surface area contributed by atoms with Crippen LogP contribution in [0.2, 0.25) is 0 Å². The Balaban J connectivity index is 2.17. The fraction of sp³-hybridized carbons (Fsp3) is 0.348. The molecule has 3 rings (SSSR count). The number of rotatable bonds is 9. The van der Waals surface area contributed by atoms with Crippen molar-refractivity contribution in [3.8, 4) is 11.1 Å². The van der Waals surface area contributed by atoms with Crippen molar-refractivity contribution in [2.45, 2.75) is 13.0 Å². The number of aromatic amines is 1. The third kappa shape index (κ3) is 4.72. The minimum absolute atomic E-state index is 0.0637. The highest BCUT2D eigenvalue weighted by atomic mass is 19.1. The van der Waals surface area contributed by atoms with Gasteiger partial charge in [-0.2, -0.15) is 0 Å². The number of ether oxygens (including phenoxy) is 2. The molecule has 0 radical (unpaired) electrons. The van der Waals surface area contributed by atoms with Gasteiger partial charge in [0.2, 0.25) is 0 Å². The monoisotopic (exact) mass is 398 g/mol. The second-order valence-electron chi connectivity index (χ2n) is 6.99. The molecule has 3 aromatic rings. The summed E-state index contributed by atoms with van der Waals surface area (Å²) in [5.74, 6) is -0.331. The maximum absolute atomic E-state index is 13.5. The molecule has 29 heavy (non-hydrogen) atoms. The Hall–Kier alpha value is -2.54. The Morgan fingerprint density at radius 1 is 1.00 bits per heavy atom. The zero-order valence-corrected chi connectivity index (χ0v) is 17.1. The van der Waals surface area contributed by atoms with Crippen molar-refractivity contribution in [2.24, 2.45) is 0 Å². The molecule has 0 aliphatic heterocycles. The number of H-pyrrole nitrogens is 1. The molecule has 0 saturated carbocycles. The van der Waals surface area contributed by atoms with Crippen LogP contribution in [0.15, 0.2) is 53.3 Å². The van der Waals surface area contributed by atoms with Crippen LogP contribution in [0.3, 0.4) is 0 Å². The van der Waals surface area contributed by atoms with Crippen molar-refractivity contribution in [1.29, 1.82) is 0 Å². The maximum Gasteiger partial charge on any atom is 0.197 e. The lowest BCUT2D eigenvalue weighted by Gasteiger charge is -2.30. The summed E-state index contributed by atoms with van der Waals surface area (Å²) in [5, 5.41) is 0.614. The lowest BCUT2D eigenvalue weighted by atomic mass is 9.97. The Morgan fingerprint density at radius 2 is 1.62 bits per heavy atom. The molecule has 0 amide bonds. The lowest BCUT2D eigenvalue weighted by Crippen LogP contribution is -2.34. The first kappa shape index (κ1) is 21.2. The molecule has 1 N–H and O–H groups in total. The maximum atomic E-state index is 13.5. The SMILES string of the molecule is COCCN(CCOC)C(C)c1[nH]c2ccccc2c(=O)c1-c1ccc(F)cc1. The minimum atomic E-state index is -0.331. The van der Waals surface area contributed by atoms with Crippen molar-refractivity contribution in [2.75, 3.05) is 40.5 Å². The van der Waals surface area contributed by atoms with E-state index < -0.39 is 0 Å². The number of aromatic nitrogens is 1. The fourth-order valence-corrected chi connectivity index (χ4v) is 3.57. The van der Waals surface area contributed by atoms with Gasteiger partial charge in [-0.25, -0.2) is 4.39 Å². The van der Waals surface area contributed by atoms with Crippen molar-refractivity contribution in [1.82, 2.24) is 9.88 Å². The number of methoxy groups -OCH3 is 2. The Kier molecular flexibility index (Phi) is 7.14. The van der Waals surface area contributed by atoms with Crippen LogP contribution in [-0.4, -0.2) is 50.4 Å². The molecule has 5 nitrogen and oxygen atoms in total. The van der Waals surface area contributed by atoms with Crippen LogP contribution >= 0.6 is 0 Å². The summed E-state index contributed by atoms with van der Waals surface area (Å²) in [6.07, 6.45) is 0. The molecular weight excluding hydrogens is 371 g/mol. The molecule has 154 valence electrons. The predicted octanol–water partition coefficient (Wildman–Crippen LogP) is 3.99. The van der Waals surface area contributed by atoms with Gasteiger partial charge in [0.25, 0.3) is 0 Å². The lowest BCUT2D eigenvalue weighted by molar-refractivity contribution is 0.0911. The molecule has 1 atom stereocenters. The summed E-state index contributed by atoms with van der Waals surface area (Å²) in [7, 11) is 3.34. The molecule has 1 heterocycles. The molecule has 1 unspecified atom stereocenters. The molecule has 0 aliphatic carbocycles. The normalized spacial score (nSPS) is 12.6.